The lowest BCUT2D eigenvalue weighted by molar-refractivity contribution is 0.340. The summed E-state index contributed by atoms with van der Waals surface area (Å²) in [4.78, 5) is 0. The molecule has 16 heavy (non-hydrogen) atoms. The Bertz CT molecular complexity index is 402. The zero-order valence-corrected chi connectivity index (χ0v) is 9.00. The summed E-state index contributed by atoms with van der Waals surface area (Å²) in [6, 6.07) is 13.7. The molecule has 1 heterocycles. The van der Waals surface area contributed by atoms with Crippen molar-refractivity contribution in [2.24, 2.45) is 5.73 Å². The predicted octanol–water partition coefficient (Wildman–Crippen LogP) is 0.361. The van der Waals surface area contributed by atoms with Crippen molar-refractivity contribution in [3.8, 4) is 0 Å². The number of nitrogens with two attached hydrogens (primary N) is 1. The summed E-state index contributed by atoms with van der Waals surface area (Å²) in [7, 11) is 0. The molecule has 0 unspecified atom stereocenters. The molecule has 0 atom stereocenters. The van der Waals surface area contributed by atoms with E-state index in [2.05, 4.69) is 0 Å². The molecule has 0 amide bonds. The van der Waals surface area contributed by atoms with Crippen LogP contribution in [-0.4, -0.2) is 20.1 Å². The molecule has 0 spiro atoms. The van der Waals surface area contributed by atoms with Gasteiger partial charge in [0, 0.05) is 13.2 Å². The lowest BCUT2D eigenvalue weighted by atomic mass is 9.59. The van der Waals surface area contributed by atoms with Crippen molar-refractivity contribution in [1.29, 1.82) is 0 Å². The van der Waals surface area contributed by atoms with Gasteiger partial charge in [-0.1, -0.05) is 30.3 Å². The average Bonchev–Trinajstić information content (AvgIpc) is 2.85. The molecule has 0 aliphatic heterocycles. The molecule has 2 aromatic rings. The van der Waals surface area contributed by atoms with Gasteiger partial charge in [0.2, 0.25) is 0 Å². The number of rotatable bonds is 5. The summed E-state index contributed by atoms with van der Waals surface area (Å²) in [5, 5.41) is 0. The third kappa shape index (κ3) is 2.54. The van der Waals surface area contributed by atoms with Crippen LogP contribution in [0.25, 0.3) is 0 Å². The Hall–Kier alpha value is -1.52. The maximum Gasteiger partial charge on any atom is 0.402 e. The third-order valence-corrected chi connectivity index (χ3v) is 2.31. The molecule has 3 nitrogen and oxygen atoms in total. The molecular weight excluding hydrogens is 201 g/mol. The van der Waals surface area contributed by atoms with Crippen LogP contribution in [0.2, 0.25) is 0 Å². The molecule has 0 saturated heterocycles. The number of hydrogen-bond acceptors (Lipinski definition) is 3. The number of furan rings is 1. The number of benzene rings is 1. The molecular formula is C12H14BNO2. The summed E-state index contributed by atoms with van der Waals surface area (Å²) in [6.07, 6.45) is 1.65. The Morgan fingerprint density at radius 2 is 1.94 bits per heavy atom. The normalized spacial score (nSPS) is 10.3. The molecule has 2 N–H and O–H groups in total. The fourth-order valence-electron chi connectivity index (χ4n) is 1.60. The summed E-state index contributed by atoms with van der Waals surface area (Å²) in [5.41, 5.74) is 7.33. The van der Waals surface area contributed by atoms with E-state index >= 15 is 0 Å². The van der Waals surface area contributed by atoms with Gasteiger partial charge in [-0.15, -0.1) is 0 Å². The minimum Gasteiger partial charge on any atom is -0.476 e. The molecule has 82 valence electrons. The van der Waals surface area contributed by atoms with E-state index in [1.807, 2.05) is 42.5 Å². The maximum absolute atomic E-state index is 5.70. The molecule has 1 aromatic carbocycles. The smallest absolute Gasteiger partial charge is 0.402 e. The van der Waals surface area contributed by atoms with E-state index < -0.39 is 0 Å². The highest BCUT2D eigenvalue weighted by molar-refractivity contribution is 6.78. The van der Waals surface area contributed by atoms with Crippen LogP contribution in [0.4, 0.5) is 0 Å². The standard InChI is InChI=1S/C12H14BNO2/c14-8-10-16-13(12-7-4-9-15-12)11-5-2-1-3-6-11/h1-7,9H,8,10,14H2. The second-order valence-corrected chi connectivity index (χ2v) is 3.47. The molecule has 0 saturated carbocycles. The highest BCUT2D eigenvalue weighted by atomic mass is 16.4. The van der Waals surface area contributed by atoms with Crippen molar-refractivity contribution in [3.05, 3.63) is 48.7 Å². The van der Waals surface area contributed by atoms with Crippen molar-refractivity contribution in [3.63, 3.8) is 0 Å². The predicted molar refractivity (Wildman–Crippen MR) is 65.2 cm³/mol. The Kier molecular flexibility index (Phi) is 3.80. The fraction of sp³-hybridized carbons (Fsp3) is 0.167. The molecule has 0 bridgehead atoms. The quantitative estimate of drug-likeness (QED) is 0.732. The van der Waals surface area contributed by atoms with Gasteiger partial charge >= 0.3 is 6.92 Å². The largest absolute Gasteiger partial charge is 0.476 e. The summed E-state index contributed by atoms with van der Waals surface area (Å²) in [5.74, 6) is 0. The molecule has 2 rings (SSSR count). The van der Waals surface area contributed by atoms with E-state index in [0.29, 0.717) is 13.2 Å². The van der Waals surface area contributed by atoms with Crippen LogP contribution in [0, 0.1) is 0 Å². The zero-order valence-electron chi connectivity index (χ0n) is 9.00. The number of hydrogen-bond donors (Lipinski definition) is 1. The molecule has 4 heteroatoms. The van der Waals surface area contributed by atoms with Crippen LogP contribution >= 0.6 is 0 Å². The van der Waals surface area contributed by atoms with E-state index in [1.165, 1.54) is 0 Å². The molecule has 0 radical (unpaired) electrons. The van der Waals surface area contributed by atoms with Crippen molar-refractivity contribution in [1.82, 2.24) is 0 Å². The molecule has 0 aliphatic carbocycles. The molecule has 0 fully saturated rings. The van der Waals surface area contributed by atoms with Crippen LogP contribution in [0.1, 0.15) is 0 Å². The van der Waals surface area contributed by atoms with Crippen LogP contribution in [0.5, 0.6) is 0 Å². The van der Waals surface area contributed by atoms with E-state index in [4.69, 9.17) is 14.8 Å². The van der Waals surface area contributed by atoms with Crippen molar-refractivity contribution < 1.29 is 9.07 Å². The van der Waals surface area contributed by atoms with Crippen molar-refractivity contribution in [2.75, 3.05) is 13.2 Å². The first-order valence-electron chi connectivity index (χ1n) is 5.32. The first-order chi connectivity index (χ1) is 7.92. The minimum absolute atomic E-state index is 0.167. The van der Waals surface area contributed by atoms with E-state index in [0.717, 1.165) is 11.1 Å². The van der Waals surface area contributed by atoms with E-state index in [1.54, 1.807) is 6.26 Å². The lowest BCUT2D eigenvalue weighted by Crippen LogP contribution is -2.45. The van der Waals surface area contributed by atoms with Gasteiger partial charge in [0.1, 0.15) is 5.66 Å². The molecule has 0 aliphatic rings. The minimum atomic E-state index is -0.167. The van der Waals surface area contributed by atoms with Gasteiger partial charge in [0.15, 0.2) is 0 Å². The Balaban J connectivity index is 2.21. The topological polar surface area (TPSA) is 48.4 Å². The van der Waals surface area contributed by atoms with E-state index in [-0.39, 0.29) is 6.92 Å². The average molecular weight is 215 g/mol. The van der Waals surface area contributed by atoms with E-state index in [9.17, 15) is 0 Å². The highest BCUT2D eigenvalue weighted by Gasteiger charge is 2.23. The van der Waals surface area contributed by atoms with Gasteiger partial charge in [0.05, 0.1) is 6.26 Å². The Labute approximate surface area is 95.3 Å². The lowest BCUT2D eigenvalue weighted by Gasteiger charge is -2.11. The van der Waals surface area contributed by atoms with Gasteiger partial charge in [0.25, 0.3) is 0 Å². The summed E-state index contributed by atoms with van der Waals surface area (Å²) < 4.78 is 11.1. The van der Waals surface area contributed by atoms with Gasteiger partial charge < -0.3 is 14.8 Å². The van der Waals surface area contributed by atoms with Crippen molar-refractivity contribution >= 4 is 18.0 Å². The second-order valence-electron chi connectivity index (χ2n) is 3.47. The van der Waals surface area contributed by atoms with Gasteiger partial charge in [-0.25, -0.2) is 0 Å². The first-order valence-corrected chi connectivity index (χ1v) is 5.32. The summed E-state index contributed by atoms with van der Waals surface area (Å²) >= 11 is 0. The van der Waals surface area contributed by atoms with Crippen molar-refractivity contribution in [2.45, 2.75) is 0 Å². The first kappa shape index (κ1) is 11.0. The molecule has 1 aromatic heterocycles. The summed E-state index contributed by atoms with van der Waals surface area (Å²) in [6.45, 7) is 0.851. The second kappa shape index (κ2) is 5.54. The SMILES string of the molecule is NCCOB(c1ccccc1)c1ccco1. The monoisotopic (exact) mass is 215 g/mol. The van der Waals surface area contributed by atoms with Gasteiger partial charge in [-0.05, 0) is 17.6 Å². The fourth-order valence-corrected chi connectivity index (χ4v) is 1.60. The van der Waals surface area contributed by atoms with Crippen LogP contribution in [0.15, 0.2) is 53.1 Å². The van der Waals surface area contributed by atoms with Gasteiger partial charge in [-0.3, -0.25) is 0 Å². The Morgan fingerprint density at radius 1 is 1.12 bits per heavy atom. The third-order valence-electron chi connectivity index (χ3n) is 2.31. The maximum atomic E-state index is 5.70. The zero-order chi connectivity index (χ0) is 11.2. The van der Waals surface area contributed by atoms with Crippen LogP contribution in [0.3, 0.4) is 0 Å². The van der Waals surface area contributed by atoms with Crippen LogP contribution in [-0.2, 0) is 4.65 Å². The highest BCUT2D eigenvalue weighted by Crippen LogP contribution is 1.94. The van der Waals surface area contributed by atoms with Gasteiger partial charge in [-0.2, -0.15) is 0 Å². The Morgan fingerprint density at radius 3 is 2.56 bits per heavy atom. The van der Waals surface area contributed by atoms with Crippen LogP contribution < -0.4 is 16.9 Å².